The fourth-order valence-corrected chi connectivity index (χ4v) is 5.52. The number of hydrogen-bond donors (Lipinski definition) is 1. The molecular formula is C15H24N2O2S2. The van der Waals surface area contributed by atoms with Gasteiger partial charge < -0.3 is 14.8 Å². The lowest BCUT2D eigenvalue weighted by molar-refractivity contribution is -0.178. The van der Waals surface area contributed by atoms with Gasteiger partial charge in [0.25, 0.3) is 0 Å². The third-order valence-corrected chi connectivity index (χ3v) is 6.54. The first-order chi connectivity index (χ1) is 10.2. The number of aryl methyl sites for hydroxylation is 1. The maximum atomic E-state index is 5.93. The molecule has 2 atom stereocenters. The number of rotatable bonds is 5. The number of aromatic nitrogens is 1. The second-order valence-electron chi connectivity index (χ2n) is 5.82. The molecule has 0 aromatic carbocycles. The summed E-state index contributed by atoms with van der Waals surface area (Å²) in [4.78, 5) is 4.61. The monoisotopic (exact) mass is 328 g/mol. The van der Waals surface area contributed by atoms with Gasteiger partial charge in [0, 0.05) is 35.2 Å². The quantitative estimate of drug-likeness (QED) is 0.899. The van der Waals surface area contributed by atoms with Crippen LogP contribution in [0.25, 0.3) is 0 Å². The van der Waals surface area contributed by atoms with Crippen LogP contribution in [-0.4, -0.2) is 41.8 Å². The fraction of sp³-hybridized carbons (Fsp3) is 0.800. The molecular weight excluding hydrogens is 304 g/mol. The molecule has 2 heterocycles. The summed E-state index contributed by atoms with van der Waals surface area (Å²) >= 11 is 3.63. The standard InChI is InChI=1S/C15H24N2O2S2/c1-3-6-16-12-4-5-15(18-7-8-19-15)9-13(12)21-14-17-11(2)10-20-14/h10,12-13,16H,3-9H2,1-2H3. The van der Waals surface area contributed by atoms with E-state index in [9.17, 15) is 0 Å². The minimum absolute atomic E-state index is 0.325. The van der Waals surface area contributed by atoms with Crippen LogP contribution in [0.5, 0.6) is 0 Å². The molecule has 4 nitrogen and oxygen atoms in total. The van der Waals surface area contributed by atoms with E-state index < -0.39 is 0 Å². The predicted octanol–water partition coefficient (Wildman–Crippen LogP) is 3.21. The van der Waals surface area contributed by atoms with Gasteiger partial charge in [0.05, 0.1) is 13.2 Å². The van der Waals surface area contributed by atoms with Crippen molar-refractivity contribution in [2.45, 2.75) is 60.9 Å². The van der Waals surface area contributed by atoms with Crippen molar-refractivity contribution in [3.05, 3.63) is 11.1 Å². The van der Waals surface area contributed by atoms with E-state index in [1.807, 2.05) is 11.8 Å². The van der Waals surface area contributed by atoms with E-state index in [2.05, 4.69) is 29.5 Å². The van der Waals surface area contributed by atoms with Gasteiger partial charge in [0.1, 0.15) is 4.34 Å². The van der Waals surface area contributed by atoms with Crippen molar-refractivity contribution in [1.82, 2.24) is 10.3 Å². The Morgan fingerprint density at radius 1 is 1.48 bits per heavy atom. The molecule has 0 amide bonds. The Morgan fingerprint density at radius 3 is 2.95 bits per heavy atom. The van der Waals surface area contributed by atoms with Crippen LogP contribution in [0.2, 0.25) is 0 Å². The molecule has 1 saturated carbocycles. The second kappa shape index (κ2) is 6.96. The average molecular weight is 329 g/mol. The highest BCUT2D eigenvalue weighted by Crippen LogP contribution is 2.43. The highest BCUT2D eigenvalue weighted by atomic mass is 32.2. The highest BCUT2D eigenvalue weighted by Gasteiger charge is 2.45. The van der Waals surface area contributed by atoms with Crippen LogP contribution in [0, 0.1) is 6.92 Å². The number of ether oxygens (including phenoxy) is 2. The summed E-state index contributed by atoms with van der Waals surface area (Å²) in [6.07, 6.45) is 4.24. The molecule has 0 bridgehead atoms. The lowest BCUT2D eigenvalue weighted by atomic mass is 9.89. The van der Waals surface area contributed by atoms with E-state index in [4.69, 9.17) is 9.47 Å². The van der Waals surface area contributed by atoms with Crippen LogP contribution < -0.4 is 5.32 Å². The molecule has 1 aromatic heterocycles. The minimum Gasteiger partial charge on any atom is -0.347 e. The van der Waals surface area contributed by atoms with E-state index in [1.165, 1.54) is 6.42 Å². The topological polar surface area (TPSA) is 43.4 Å². The second-order valence-corrected chi connectivity index (χ2v) is 8.17. The van der Waals surface area contributed by atoms with Gasteiger partial charge in [0.2, 0.25) is 0 Å². The molecule has 1 spiro atoms. The van der Waals surface area contributed by atoms with Gasteiger partial charge in [-0.2, -0.15) is 0 Å². The van der Waals surface area contributed by atoms with Gasteiger partial charge in [-0.1, -0.05) is 18.7 Å². The molecule has 21 heavy (non-hydrogen) atoms. The maximum Gasteiger partial charge on any atom is 0.169 e. The molecule has 2 fully saturated rings. The summed E-state index contributed by atoms with van der Waals surface area (Å²) in [7, 11) is 0. The maximum absolute atomic E-state index is 5.93. The number of hydrogen-bond acceptors (Lipinski definition) is 6. The minimum atomic E-state index is -0.325. The van der Waals surface area contributed by atoms with Crippen LogP contribution in [0.3, 0.4) is 0 Å². The fourth-order valence-electron chi connectivity index (χ4n) is 3.07. The van der Waals surface area contributed by atoms with E-state index in [1.54, 1.807) is 11.3 Å². The van der Waals surface area contributed by atoms with E-state index >= 15 is 0 Å². The van der Waals surface area contributed by atoms with Crippen LogP contribution in [0.15, 0.2) is 9.72 Å². The van der Waals surface area contributed by atoms with Crippen molar-refractivity contribution in [1.29, 1.82) is 0 Å². The van der Waals surface area contributed by atoms with E-state index in [-0.39, 0.29) is 5.79 Å². The van der Waals surface area contributed by atoms with Gasteiger partial charge in [-0.3, -0.25) is 0 Å². The Balaban J connectivity index is 1.69. The van der Waals surface area contributed by atoms with Gasteiger partial charge in [-0.25, -0.2) is 4.98 Å². The molecule has 1 N–H and O–H groups in total. The summed E-state index contributed by atoms with van der Waals surface area (Å²) in [5.74, 6) is -0.325. The number of thioether (sulfide) groups is 1. The van der Waals surface area contributed by atoms with E-state index in [0.717, 1.165) is 49.1 Å². The van der Waals surface area contributed by atoms with Gasteiger partial charge in [0.15, 0.2) is 5.79 Å². The Labute approximate surface area is 135 Å². The smallest absolute Gasteiger partial charge is 0.169 e. The van der Waals surface area contributed by atoms with Crippen molar-refractivity contribution < 1.29 is 9.47 Å². The SMILES string of the molecule is CCCNC1CCC2(CC1Sc1nc(C)cs1)OCCO2. The Morgan fingerprint density at radius 2 is 2.29 bits per heavy atom. The van der Waals surface area contributed by atoms with Crippen LogP contribution >= 0.6 is 23.1 Å². The zero-order valence-corrected chi connectivity index (χ0v) is 14.4. The number of nitrogens with zero attached hydrogens (tertiary/aromatic N) is 1. The molecule has 1 aliphatic carbocycles. The zero-order chi connectivity index (χ0) is 14.7. The van der Waals surface area contributed by atoms with Crippen molar-refractivity contribution in [2.75, 3.05) is 19.8 Å². The highest BCUT2D eigenvalue weighted by molar-refractivity contribution is 8.01. The van der Waals surface area contributed by atoms with Gasteiger partial charge in [-0.15, -0.1) is 11.3 Å². The molecule has 0 radical (unpaired) electrons. The molecule has 2 unspecified atom stereocenters. The summed E-state index contributed by atoms with van der Waals surface area (Å²) in [6, 6.07) is 0.526. The van der Waals surface area contributed by atoms with Gasteiger partial charge in [-0.05, 0) is 26.3 Å². The first kappa shape index (κ1) is 15.7. The molecule has 1 saturated heterocycles. The van der Waals surface area contributed by atoms with Crippen LogP contribution in [0.4, 0.5) is 0 Å². The predicted molar refractivity (Wildman–Crippen MR) is 87.1 cm³/mol. The Hall–Kier alpha value is -0.140. The Kier molecular flexibility index (Phi) is 5.22. The van der Waals surface area contributed by atoms with Crippen molar-refractivity contribution >= 4 is 23.1 Å². The molecule has 3 rings (SSSR count). The average Bonchev–Trinajstić information content (AvgIpc) is 3.08. The summed E-state index contributed by atoms with van der Waals surface area (Å²) in [6.45, 7) is 6.82. The van der Waals surface area contributed by atoms with Crippen molar-refractivity contribution in [3.8, 4) is 0 Å². The third kappa shape index (κ3) is 3.79. The first-order valence-corrected chi connectivity index (χ1v) is 9.57. The molecule has 6 heteroatoms. The molecule has 118 valence electrons. The van der Waals surface area contributed by atoms with E-state index in [0.29, 0.717) is 11.3 Å². The summed E-state index contributed by atoms with van der Waals surface area (Å²) in [5, 5.41) is 6.29. The van der Waals surface area contributed by atoms with Crippen molar-refractivity contribution in [2.24, 2.45) is 0 Å². The molecule has 2 aliphatic rings. The van der Waals surface area contributed by atoms with Crippen LogP contribution in [0.1, 0.15) is 38.3 Å². The largest absolute Gasteiger partial charge is 0.347 e. The lowest BCUT2D eigenvalue weighted by Crippen LogP contribution is -2.49. The normalized spacial score (nSPS) is 28.3. The van der Waals surface area contributed by atoms with Crippen LogP contribution in [-0.2, 0) is 9.47 Å². The lowest BCUT2D eigenvalue weighted by Gasteiger charge is -2.40. The van der Waals surface area contributed by atoms with Gasteiger partial charge >= 0.3 is 0 Å². The zero-order valence-electron chi connectivity index (χ0n) is 12.8. The summed E-state index contributed by atoms with van der Waals surface area (Å²) < 4.78 is 13.0. The summed E-state index contributed by atoms with van der Waals surface area (Å²) in [5.41, 5.74) is 1.11. The van der Waals surface area contributed by atoms with Crippen molar-refractivity contribution in [3.63, 3.8) is 0 Å². The first-order valence-electron chi connectivity index (χ1n) is 7.81. The third-order valence-electron chi connectivity index (χ3n) is 4.12. The number of nitrogens with one attached hydrogen (secondary N) is 1. The number of thiazole rings is 1. The molecule has 1 aromatic rings. The Bertz CT molecular complexity index is 460. The molecule has 1 aliphatic heterocycles.